The van der Waals surface area contributed by atoms with Gasteiger partial charge >= 0.3 is 6.03 Å². The molecular weight excluding hydrogens is 320 g/mol. The molecule has 1 aliphatic heterocycles. The van der Waals surface area contributed by atoms with E-state index < -0.39 is 0 Å². The molecule has 2 aromatic carbocycles. The van der Waals surface area contributed by atoms with Crippen molar-refractivity contribution in [1.29, 1.82) is 0 Å². The highest BCUT2D eigenvalue weighted by atomic mass is 32.2. The molecule has 1 fully saturated rings. The molecule has 3 rings (SSSR count). The van der Waals surface area contributed by atoms with Gasteiger partial charge in [0, 0.05) is 16.3 Å². The van der Waals surface area contributed by atoms with Crippen LogP contribution in [0.25, 0.3) is 6.08 Å². The van der Waals surface area contributed by atoms with Crippen molar-refractivity contribution >= 4 is 29.8 Å². The van der Waals surface area contributed by atoms with Gasteiger partial charge in [-0.05, 0) is 42.3 Å². The zero-order valence-corrected chi connectivity index (χ0v) is 14.2. The van der Waals surface area contributed by atoms with Gasteiger partial charge in [-0.15, -0.1) is 0 Å². The van der Waals surface area contributed by atoms with Gasteiger partial charge in [-0.1, -0.05) is 49.0 Å². The molecule has 0 radical (unpaired) electrons. The predicted octanol–water partition coefficient (Wildman–Crippen LogP) is 4.14. The first-order valence-corrected chi connectivity index (χ1v) is 8.66. The molecule has 0 aromatic heterocycles. The lowest BCUT2D eigenvalue weighted by Crippen LogP contribution is -2.31. The van der Waals surface area contributed by atoms with Crippen molar-refractivity contribution in [3.05, 3.63) is 65.9 Å². The maximum absolute atomic E-state index is 12.2. The molecule has 1 aliphatic rings. The maximum atomic E-state index is 12.2. The van der Waals surface area contributed by atoms with Crippen LogP contribution in [0.4, 0.5) is 4.79 Å². The average molecular weight is 338 g/mol. The molecule has 122 valence electrons. The molecule has 24 heavy (non-hydrogen) atoms. The minimum Gasteiger partial charge on any atom is -0.303 e. The highest BCUT2D eigenvalue weighted by Crippen LogP contribution is 2.27. The van der Waals surface area contributed by atoms with Gasteiger partial charge in [0.25, 0.3) is 5.91 Å². The lowest BCUT2D eigenvalue weighted by Gasteiger charge is -2.08. The van der Waals surface area contributed by atoms with Gasteiger partial charge in [0.05, 0.1) is 0 Å². The van der Waals surface area contributed by atoms with Crippen LogP contribution in [-0.2, 0) is 4.79 Å². The van der Waals surface area contributed by atoms with Crippen molar-refractivity contribution in [2.45, 2.75) is 23.1 Å². The first kappa shape index (κ1) is 16.3. The van der Waals surface area contributed by atoms with Crippen molar-refractivity contribution < 1.29 is 9.59 Å². The molecule has 2 aromatic rings. The zero-order valence-electron chi connectivity index (χ0n) is 13.4. The maximum Gasteiger partial charge on any atom is 0.329 e. The van der Waals surface area contributed by atoms with Gasteiger partial charge in [0.15, 0.2) is 0 Å². The summed E-state index contributed by atoms with van der Waals surface area (Å²) in [6.07, 6.45) is 2.46. The summed E-state index contributed by atoms with van der Waals surface area (Å²) in [6, 6.07) is 17.7. The molecule has 0 saturated carbocycles. The number of nitrogens with one attached hydrogen (secondary N) is 1. The number of carbonyl (C=O) groups is 2. The summed E-state index contributed by atoms with van der Waals surface area (Å²) in [7, 11) is 0. The van der Waals surface area contributed by atoms with Crippen molar-refractivity contribution in [3.63, 3.8) is 0 Å². The Morgan fingerprint density at radius 3 is 2.33 bits per heavy atom. The number of urea groups is 1. The number of rotatable bonds is 5. The molecule has 3 amide bonds. The summed E-state index contributed by atoms with van der Waals surface area (Å²) in [4.78, 5) is 27.5. The summed E-state index contributed by atoms with van der Waals surface area (Å²) in [5.74, 6) is -0.260. The number of carbonyl (C=O) groups excluding carboxylic acids is 2. The Morgan fingerprint density at radius 1 is 1.00 bits per heavy atom. The fraction of sp³-hybridized carbons (Fsp3) is 0.158. The number of benzene rings is 2. The van der Waals surface area contributed by atoms with Crippen LogP contribution >= 0.6 is 11.8 Å². The van der Waals surface area contributed by atoms with E-state index in [0.29, 0.717) is 12.2 Å². The number of hydrogen-bond donors (Lipinski definition) is 1. The molecule has 1 heterocycles. The van der Waals surface area contributed by atoms with Crippen LogP contribution in [0.5, 0.6) is 0 Å². The third kappa shape index (κ3) is 3.68. The van der Waals surface area contributed by atoms with E-state index >= 15 is 0 Å². The molecule has 0 unspecified atom stereocenters. The van der Waals surface area contributed by atoms with E-state index in [2.05, 4.69) is 17.4 Å². The SMILES string of the molecule is CCCN1C(=O)NC(=Cc2ccc(Sc3ccccc3)cc2)C1=O. The second-order valence-electron chi connectivity index (χ2n) is 5.43. The van der Waals surface area contributed by atoms with Crippen LogP contribution < -0.4 is 5.32 Å². The third-order valence-electron chi connectivity index (χ3n) is 3.58. The standard InChI is InChI=1S/C19H18N2O2S/c1-2-12-21-18(22)17(20-19(21)23)13-14-8-10-16(11-9-14)24-15-6-4-3-5-7-15/h3-11,13H,2,12H2,1H3,(H,20,23). The smallest absolute Gasteiger partial charge is 0.303 e. The second kappa shape index (κ2) is 7.36. The fourth-order valence-electron chi connectivity index (χ4n) is 2.42. The van der Waals surface area contributed by atoms with Crippen molar-refractivity contribution in [1.82, 2.24) is 10.2 Å². The molecule has 1 N–H and O–H groups in total. The van der Waals surface area contributed by atoms with Gasteiger partial charge in [0.1, 0.15) is 5.70 Å². The zero-order chi connectivity index (χ0) is 16.9. The number of nitrogens with zero attached hydrogens (tertiary/aromatic N) is 1. The first-order valence-electron chi connectivity index (χ1n) is 7.85. The van der Waals surface area contributed by atoms with Gasteiger partial charge < -0.3 is 5.32 Å². The lowest BCUT2D eigenvalue weighted by atomic mass is 10.2. The quantitative estimate of drug-likeness (QED) is 0.658. The molecule has 1 saturated heterocycles. The summed E-state index contributed by atoms with van der Waals surface area (Å²) >= 11 is 1.68. The van der Waals surface area contributed by atoms with Crippen molar-refractivity contribution in [2.75, 3.05) is 6.54 Å². The highest BCUT2D eigenvalue weighted by molar-refractivity contribution is 7.99. The molecule has 0 aliphatic carbocycles. The molecule has 0 spiro atoms. The second-order valence-corrected chi connectivity index (χ2v) is 6.58. The van der Waals surface area contributed by atoms with E-state index in [0.717, 1.165) is 16.9 Å². The van der Waals surface area contributed by atoms with Crippen molar-refractivity contribution in [2.24, 2.45) is 0 Å². The van der Waals surface area contributed by atoms with E-state index in [4.69, 9.17) is 0 Å². The molecule has 0 bridgehead atoms. The normalized spacial score (nSPS) is 15.9. The number of hydrogen-bond acceptors (Lipinski definition) is 3. The Labute approximate surface area is 145 Å². The van der Waals surface area contributed by atoms with Crippen LogP contribution in [-0.4, -0.2) is 23.4 Å². The number of imide groups is 1. The monoisotopic (exact) mass is 338 g/mol. The largest absolute Gasteiger partial charge is 0.329 e. The van der Waals surface area contributed by atoms with Crippen LogP contribution in [0, 0.1) is 0 Å². The van der Waals surface area contributed by atoms with Crippen LogP contribution in [0.2, 0.25) is 0 Å². The highest BCUT2D eigenvalue weighted by Gasteiger charge is 2.32. The molecule has 0 atom stereocenters. The topological polar surface area (TPSA) is 49.4 Å². The van der Waals surface area contributed by atoms with Gasteiger partial charge in [-0.2, -0.15) is 0 Å². The van der Waals surface area contributed by atoms with E-state index in [1.165, 1.54) is 9.80 Å². The third-order valence-corrected chi connectivity index (χ3v) is 4.60. The average Bonchev–Trinajstić information content (AvgIpc) is 2.85. The Morgan fingerprint density at radius 2 is 1.67 bits per heavy atom. The van der Waals surface area contributed by atoms with Gasteiger partial charge in [-0.3, -0.25) is 9.69 Å². The van der Waals surface area contributed by atoms with Crippen LogP contribution in [0.3, 0.4) is 0 Å². The molecular formula is C19H18N2O2S. The fourth-order valence-corrected chi connectivity index (χ4v) is 3.26. The lowest BCUT2D eigenvalue weighted by molar-refractivity contribution is -0.122. The molecule has 5 heteroatoms. The number of amides is 3. The van der Waals surface area contributed by atoms with E-state index in [1.54, 1.807) is 17.8 Å². The van der Waals surface area contributed by atoms with Crippen LogP contribution in [0.1, 0.15) is 18.9 Å². The Balaban J connectivity index is 1.72. The van der Waals surface area contributed by atoms with E-state index in [9.17, 15) is 9.59 Å². The Bertz CT molecular complexity index is 770. The van der Waals surface area contributed by atoms with E-state index in [-0.39, 0.29) is 11.9 Å². The first-order chi connectivity index (χ1) is 11.7. The van der Waals surface area contributed by atoms with Gasteiger partial charge in [-0.25, -0.2) is 4.79 Å². The predicted molar refractivity (Wildman–Crippen MR) is 95.5 cm³/mol. The summed E-state index contributed by atoms with van der Waals surface area (Å²) in [5, 5.41) is 2.63. The summed E-state index contributed by atoms with van der Waals surface area (Å²) in [5.41, 5.74) is 1.21. The Hall–Kier alpha value is -2.53. The summed E-state index contributed by atoms with van der Waals surface area (Å²) in [6.45, 7) is 2.38. The Kier molecular flexibility index (Phi) is 5.01. The minimum atomic E-state index is -0.343. The van der Waals surface area contributed by atoms with E-state index in [1.807, 2.05) is 49.4 Å². The van der Waals surface area contributed by atoms with Crippen molar-refractivity contribution in [3.8, 4) is 0 Å². The summed E-state index contributed by atoms with van der Waals surface area (Å²) < 4.78 is 0. The molecule has 4 nitrogen and oxygen atoms in total. The van der Waals surface area contributed by atoms with Crippen LogP contribution in [0.15, 0.2) is 70.1 Å². The minimum absolute atomic E-state index is 0.260. The van der Waals surface area contributed by atoms with Gasteiger partial charge in [0.2, 0.25) is 0 Å².